The third-order valence-electron chi connectivity index (χ3n) is 0.385. The molecule has 2 N–H and O–H groups in total. The van der Waals surface area contributed by atoms with Crippen molar-refractivity contribution < 1.29 is 14.9 Å². The van der Waals surface area contributed by atoms with Gasteiger partial charge in [-0.05, 0) is 0 Å². The van der Waals surface area contributed by atoms with Crippen molar-refractivity contribution in [3.8, 4) is 0 Å². The number of aliphatic hydroxyl groups is 2. The fourth-order valence-corrected chi connectivity index (χ4v) is 0.118. The van der Waals surface area contributed by atoms with E-state index in [1.807, 2.05) is 0 Å². The topological polar surface area (TPSA) is 49.7 Å². The first-order valence-electron chi connectivity index (χ1n) is 2.65. The molecule has 0 aliphatic heterocycles. The highest BCUT2D eigenvalue weighted by molar-refractivity contribution is 4.62. The molecule has 3 nitrogen and oxygen atoms in total. The summed E-state index contributed by atoms with van der Waals surface area (Å²) in [5.74, 6) is 0. The van der Waals surface area contributed by atoms with E-state index in [-0.39, 0.29) is 20.6 Å². The molecule has 0 fully saturated rings. The van der Waals surface area contributed by atoms with Gasteiger partial charge < -0.3 is 14.9 Å². The van der Waals surface area contributed by atoms with E-state index < -0.39 is 0 Å². The quantitative estimate of drug-likeness (QED) is 0.573. The van der Waals surface area contributed by atoms with Crippen LogP contribution in [0.2, 0.25) is 0 Å². The second-order valence-corrected chi connectivity index (χ2v) is 1.19. The average molecular weight is 150 g/mol. The van der Waals surface area contributed by atoms with Gasteiger partial charge in [-0.25, -0.2) is 0 Å². The van der Waals surface area contributed by atoms with Crippen LogP contribution < -0.4 is 0 Å². The lowest BCUT2D eigenvalue weighted by Gasteiger charge is -1.79. The second kappa shape index (κ2) is 23.4. The van der Waals surface area contributed by atoms with E-state index in [4.69, 9.17) is 10.2 Å². The standard InChI is InChI=1S/C4H8O.C2H6O2.CH4/c1-3-4-5-2;3-1-2-4;/h3H,1,4H2,2H3;3-4H,1-2H2;1H4. The molecule has 0 aromatic heterocycles. The Kier molecular flexibility index (Phi) is 38.2. The highest BCUT2D eigenvalue weighted by Crippen LogP contribution is 1.60. The maximum absolute atomic E-state index is 7.62. The normalized spacial score (nSPS) is 6.70. The summed E-state index contributed by atoms with van der Waals surface area (Å²) in [6.45, 7) is 3.83. The van der Waals surface area contributed by atoms with Crippen LogP contribution in [-0.2, 0) is 4.74 Å². The molecule has 0 radical (unpaired) electrons. The molecule has 0 saturated heterocycles. The summed E-state index contributed by atoms with van der Waals surface area (Å²) in [6, 6.07) is 0. The van der Waals surface area contributed by atoms with Crippen molar-refractivity contribution in [2.24, 2.45) is 0 Å². The van der Waals surface area contributed by atoms with E-state index in [1.165, 1.54) is 0 Å². The molecule has 0 heterocycles. The van der Waals surface area contributed by atoms with Crippen LogP contribution in [0.25, 0.3) is 0 Å². The van der Waals surface area contributed by atoms with E-state index in [1.54, 1.807) is 13.2 Å². The first-order valence-corrected chi connectivity index (χ1v) is 2.65. The number of methoxy groups -OCH3 is 1. The van der Waals surface area contributed by atoms with Crippen molar-refractivity contribution >= 4 is 0 Å². The summed E-state index contributed by atoms with van der Waals surface area (Å²) in [7, 11) is 1.64. The summed E-state index contributed by atoms with van der Waals surface area (Å²) in [6.07, 6.45) is 1.71. The van der Waals surface area contributed by atoms with Gasteiger partial charge in [0.05, 0.1) is 19.8 Å². The Bertz CT molecular complexity index is 44.1. The molecule has 0 saturated carbocycles. The van der Waals surface area contributed by atoms with Gasteiger partial charge in [0.25, 0.3) is 0 Å². The van der Waals surface area contributed by atoms with E-state index in [9.17, 15) is 0 Å². The van der Waals surface area contributed by atoms with E-state index >= 15 is 0 Å². The van der Waals surface area contributed by atoms with Gasteiger partial charge in [-0.3, -0.25) is 0 Å². The SMILES string of the molecule is C.C=CCOC.OCCO. The maximum Gasteiger partial charge on any atom is 0.0662 e. The van der Waals surface area contributed by atoms with Crippen molar-refractivity contribution in [1.82, 2.24) is 0 Å². The Labute approximate surface area is 63.0 Å². The van der Waals surface area contributed by atoms with Crippen LogP contribution in [-0.4, -0.2) is 37.1 Å². The fourth-order valence-electron chi connectivity index (χ4n) is 0.118. The predicted molar refractivity (Wildman–Crippen MR) is 43.0 cm³/mol. The molecule has 64 valence electrons. The summed E-state index contributed by atoms with van der Waals surface area (Å²) in [5, 5.41) is 15.2. The fraction of sp³-hybridized carbons (Fsp3) is 0.714. The molecule has 0 amide bonds. The maximum atomic E-state index is 7.62. The smallest absolute Gasteiger partial charge is 0.0662 e. The van der Waals surface area contributed by atoms with Gasteiger partial charge in [0.15, 0.2) is 0 Å². The van der Waals surface area contributed by atoms with E-state index in [0.717, 1.165) is 0 Å². The summed E-state index contributed by atoms with van der Waals surface area (Å²) >= 11 is 0. The zero-order chi connectivity index (χ0) is 7.54. The molecule has 0 bridgehead atoms. The monoisotopic (exact) mass is 150 g/mol. The number of rotatable bonds is 3. The molecule has 0 aliphatic rings. The molecular formula is C7H18O3. The van der Waals surface area contributed by atoms with Crippen LogP contribution in [0.3, 0.4) is 0 Å². The first kappa shape index (κ1) is 16.3. The largest absolute Gasteiger partial charge is 0.394 e. The molecule has 0 aliphatic carbocycles. The van der Waals surface area contributed by atoms with Crippen LogP contribution in [0.5, 0.6) is 0 Å². The minimum Gasteiger partial charge on any atom is -0.394 e. The van der Waals surface area contributed by atoms with Crippen molar-refractivity contribution in [3.63, 3.8) is 0 Å². The second-order valence-electron chi connectivity index (χ2n) is 1.19. The van der Waals surface area contributed by atoms with Gasteiger partial charge in [-0.2, -0.15) is 0 Å². The molecule has 3 heteroatoms. The molecule has 0 aromatic rings. The molecule has 0 aromatic carbocycles. The molecule has 10 heavy (non-hydrogen) atoms. The zero-order valence-corrected chi connectivity index (χ0v) is 5.71. The minimum absolute atomic E-state index is 0. The number of hydrogen-bond acceptors (Lipinski definition) is 3. The summed E-state index contributed by atoms with van der Waals surface area (Å²) in [4.78, 5) is 0. The lowest BCUT2D eigenvalue weighted by molar-refractivity contribution is 0.186. The van der Waals surface area contributed by atoms with Gasteiger partial charge in [0.2, 0.25) is 0 Å². The molecule has 0 spiro atoms. The number of hydrogen-bond donors (Lipinski definition) is 2. The molecule has 0 unspecified atom stereocenters. The van der Waals surface area contributed by atoms with Gasteiger partial charge in [0, 0.05) is 7.11 Å². The average Bonchev–Trinajstić information content (AvgIpc) is 1.91. The zero-order valence-electron chi connectivity index (χ0n) is 5.71. The van der Waals surface area contributed by atoms with Crippen LogP contribution in [0.1, 0.15) is 7.43 Å². The highest BCUT2D eigenvalue weighted by atomic mass is 16.5. The van der Waals surface area contributed by atoms with Gasteiger partial charge in [-0.15, -0.1) is 6.58 Å². The van der Waals surface area contributed by atoms with Crippen molar-refractivity contribution in [2.45, 2.75) is 7.43 Å². The molecule has 0 atom stereocenters. The Balaban J connectivity index is -0.0000000910. The van der Waals surface area contributed by atoms with Crippen LogP contribution in [0.4, 0.5) is 0 Å². The van der Waals surface area contributed by atoms with Gasteiger partial charge in [-0.1, -0.05) is 13.5 Å². The Morgan fingerprint density at radius 3 is 1.80 bits per heavy atom. The molecular weight excluding hydrogens is 132 g/mol. The van der Waals surface area contributed by atoms with Gasteiger partial charge >= 0.3 is 0 Å². The van der Waals surface area contributed by atoms with E-state index in [2.05, 4.69) is 11.3 Å². The highest BCUT2D eigenvalue weighted by Gasteiger charge is 1.58. The van der Waals surface area contributed by atoms with Crippen LogP contribution >= 0.6 is 0 Å². The lowest BCUT2D eigenvalue weighted by atomic mass is 10.7. The Morgan fingerprint density at radius 2 is 1.80 bits per heavy atom. The van der Waals surface area contributed by atoms with Crippen molar-refractivity contribution in [2.75, 3.05) is 26.9 Å². The van der Waals surface area contributed by atoms with Crippen LogP contribution in [0.15, 0.2) is 12.7 Å². The first-order chi connectivity index (χ1) is 4.33. The third kappa shape index (κ3) is 48.6. The summed E-state index contributed by atoms with van der Waals surface area (Å²) in [5.41, 5.74) is 0. The Hall–Kier alpha value is -0.380. The lowest BCUT2D eigenvalue weighted by Crippen LogP contribution is -1.85. The van der Waals surface area contributed by atoms with Crippen molar-refractivity contribution in [1.29, 1.82) is 0 Å². The van der Waals surface area contributed by atoms with Gasteiger partial charge in [0.1, 0.15) is 0 Å². The third-order valence-corrected chi connectivity index (χ3v) is 0.385. The molecule has 0 rings (SSSR count). The number of ether oxygens (including phenoxy) is 1. The predicted octanol–water partition coefficient (Wildman–Crippen LogP) is 0.426. The summed E-state index contributed by atoms with van der Waals surface area (Å²) < 4.78 is 4.57. The Morgan fingerprint density at radius 1 is 1.40 bits per heavy atom. The minimum atomic E-state index is -0.125. The van der Waals surface area contributed by atoms with Crippen molar-refractivity contribution in [3.05, 3.63) is 12.7 Å². The van der Waals surface area contributed by atoms with Crippen LogP contribution in [0, 0.1) is 0 Å². The van der Waals surface area contributed by atoms with E-state index in [0.29, 0.717) is 6.61 Å². The number of aliphatic hydroxyl groups excluding tert-OH is 2.